The van der Waals surface area contributed by atoms with Crippen LogP contribution in [0, 0.1) is 12.7 Å². The van der Waals surface area contributed by atoms with Crippen molar-refractivity contribution < 1.29 is 18.0 Å². The molecule has 81 valence electrons. The van der Waals surface area contributed by atoms with Gasteiger partial charge in [-0.1, -0.05) is 12.1 Å². The topological polar surface area (TPSA) is 29.1 Å². The molecule has 0 bridgehead atoms. The molecule has 0 aliphatic heterocycles. The van der Waals surface area contributed by atoms with Crippen molar-refractivity contribution in [2.24, 2.45) is 0 Å². The van der Waals surface area contributed by atoms with Gasteiger partial charge in [0.15, 0.2) is 0 Å². The van der Waals surface area contributed by atoms with Gasteiger partial charge in [0.25, 0.3) is 5.91 Å². The zero-order chi connectivity index (χ0) is 11.4. The lowest BCUT2D eigenvalue weighted by atomic mass is 10.1. The zero-order valence-electron chi connectivity index (χ0n) is 7.77. The number of carbonyl (C=O) groups is 1. The van der Waals surface area contributed by atoms with E-state index in [-0.39, 0.29) is 12.1 Å². The largest absolute Gasteiger partial charge is 0.347 e. The molecule has 5 heteroatoms. The smallest absolute Gasteiger partial charge is 0.315 e. The fraction of sp³-hybridized carbons (Fsp3) is 0.200. The SMILES string of the molecule is [CH2]c1ccc(F)c(CNC(=O)C(F)F)c1. The molecule has 0 saturated carbocycles. The molecular weight excluding hydrogens is 207 g/mol. The van der Waals surface area contributed by atoms with Gasteiger partial charge in [0, 0.05) is 12.1 Å². The summed E-state index contributed by atoms with van der Waals surface area (Å²) in [5, 5.41) is 1.91. The molecule has 0 aliphatic carbocycles. The quantitative estimate of drug-likeness (QED) is 0.821. The molecule has 1 N–H and O–H groups in total. The predicted molar refractivity (Wildman–Crippen MR) is 48.7 cm³/mol. The van der Waals surface area contributed by atoms with Crippen molar-refractivity contribution in [3.05, 3.63) is 42.1 Å². The van der Waals surface area contributed by atoms with Crippen LogP contribution in [-0.4, -0.2) is 12.3 Å². The second-order valence-electron chi connectivity index (χ2n) is 2.94. The average Bonchev–Trinajstić information content (AvgIpc) is 2.18. The minimum Gasteiger partial charge on any atom is -0.347 e. The van der Waals surface area contributed by atoms with E-state index >= 15 is 0 Å². The molecule has 0 aliphatic rings. The van der Waals surface area contributed by atoms with Gasteiger partial charge in [-0.3, -0.25) is 4.79 Å². The normalized spacial score (nSPS) is 10.5. The maximum atomic E-state index is 13.1. The maximum absolute atomic E-state index is 13.1. The van der Waals surface area contributed by atoms with Crippen LogP contribution in [-0.2, 0) is 11.3 Å². The van der Waals surface area contributed by atoms with Gasteiger partial charge in [0.2, 0.25) is 0 Å². The molecule has 1 aromatic rings. The highest BCUT2D eigenvalue weighted by Crippen LogP contribution is 2.09. The third kappa shape index (κ3) is 3.27. The van der Waals surface area contributed by atoms with Crippen LogP contribution in [0.1, 0.15) is 11.1 Å². The minimum absolute atomic E-state index is 0.136. The Labute approximate surface area is 85.1 Å². The van der Waals surface area contributed by atoms with Crippen molar-refractivity contribution in [1.29, 1.82) is 0 Å². The van der Waals surface area contributed by atoms with Gasteiger partial charge < -0.3 is 5.32 Å². The summed E-state index contributed by atoms with van der Waals surface area (Å²) in [6.07, 6.45) is -3.09. The van der Waals surface area contributed by atoms with Crippen LogP contribution < -0.4 is 5.32 Å². The third-order valence-electron chi connectivity index (χ3n) is 1.76. The molecule has 0 unspecified atom stereocenters. The highest BCUT2D eigenvalue weighted by molar-refractivity contribution is 5.79. The number of hydrogen-bond donors (Lipinski definition) is 1. The summed E-state index contributed by atoms with van der Waals surface area (Å²) in [5.41, 5.74) is 0.689. The van der Waals surface area contributed by atoms with Crippen LogP contribution in [0.3, 0.4) is 0 Å². The summed E-state index contributed by atoms with van der Waals surface area (Å²) in [4.78, 5) is 10.5. The number of benzene rings is 1. The molecule has 0 aromatic heterocycles. The summed E-state index contributed by atoms with van der Waals surface area (Å²) < 4.78 is 36.6. The van der Waals surface area contributed by atoms with Gasteiger partial charge >= 0.3 is 6.43 Å². The lowest BCUT2D eigenvalue weighted by Crippen LogP contribution is -2.29. The number of hydrogen-bond acceptors (Lipinski definition) is 1. The van der Waals surface area contributed by atoms with E-state index in [1.807, 2.05) is 5.32 Å². The maximum Gasteiger partial charge on any atom is 0.315 e. The molecule has 0 heterocycles. The fourth-order valence-electron chi connectivity index (χ4n) is 1.02. The Morgan fingerprint density at radius 2 is 2.13 bits per heavy atom. The van der Waals surface area contributed by atoms with Gasteiger partial charge in [-0.15, -0.1) is 0 Å². The highest BCUT2D eigenvalue weighted by atomic mass is 19.3. The molecule has 1 rings (SSSR count). The summed E-state index contributed by atoms with van der Waals surface area (Å²) in [5.74, 6) is -1.97. The Morgan fingerprint density at radius 3 is 2.73 bits per heavy atom. The van der Waals surface area contributed by atoms with E-state index in [1.165, 1.54) is 18.2 Å². The second-order valence-corrected chi connectivity index (χ2v) is 2.94. The van der Waals surface area contributed by atoms with Crippen molar-refractivity contribution in [3.63, 3.8) is 0 Å². The van der Waals surface area contributed by atoms with E-state index in [9.17, 15) is 18.0 Å². The first-order valence-electron chi connectivity index (χ1n) is 4.17. The molecular formula is C10H9F3NO. The second kappa shape index (κ2) is 4.82. The van der Waals surface area contributed by atoms with Crippen LogP contribution in [0.4, 0.5) is 13.2 Å². The van der Waals surface area contributed by atoms with Crippen LogP contribution in [0.25, 0.3) is 0 Å². The number of amides is 1. The standard InChI is InChI=1S/C10H9F3NO/c1-6-2-3-8(11)7(4-6)5-14-10(15)9(12)13/h2-4,9H,1,5H2,(H,14,15). The summed E-state index contributed by atoms with van der Waals surface area (Å²) in [7, 11) is 0. The van der Waals surface area contributed by atoms with Crippen molar-refractivity contribution in [3.8, 4) is 0 Å². The Kier molecular flexibility index (Phi) is 3.71. The third-order valence-corrected chi connectivity index (χ3v) is 1.76. The number of nitrogens with one attached hydrogen (secondary N) is 1. The van der Waals surface area contributed by atoms with Gasteiger partial charge in [-0.2, -0.15) is 8.78 Å². The van der Waals surface area contributed by atoms with E-state index in [4.69, 9.17) is 0 Å². The molecule has 0 atom stereocenters. The van der Waals surface area contributed by atoms with E-state index in [0.717, 1.165) is 0 Å². The first-order valence-corrected chi connectivity index (χ1v) is 4.17. The molecule has 0 saturated heterocycles. The predicted octanol–water partition coefficient (Wildman–Crippen LogP) is 1.89. The lowest BCUT2D eigenvalue weighted by molar-refractivity contribution is -0.131. The lowest BCUT2D eigenvalue weighted by Gasteiger charge is -2.06. The first-order chi connectivity index (χ1) is 7.00. The summed E-state index contributed by atoms with van der Waals surface area (Å²) in [6.45, 7) is 3.29. The van der Waals surface area contributed by atoms with Crippen LogP contribution in [0.2, 0.25) is 0 Å². The summed E-state index contributed by atoms with van der Waals surface area (Å²) in [6, 6.07) is 4.01. The minimum atomic E-state index is -3.09. The molecule has 0 fully saturated rings. The molecule has 15 heavy (non-hydrogen) atoms. The number of alkyl halides is 2. The van der Waals surface area contributed by atoms with E-state index < -0.39 is 18.1 Å². The fourth-order valence-corrected chi connectivity index (χ4v) is 1.02. The number of rotatable bonds is 3. The Hall–Kier alpha value is -1.52. The number of carbonyl (C=O) groups excluding carboxylic acids is 1. The van der Waals surface area contributed by atoms with E-state index in [2.05, 4.69) is 6.92 Å². The Morgan fingerprint density at radius 1 is 1.47 bits per heavy atom. The zero-order valence-corrected chi connectivity index (χ0v) is 7.77. The van der Waals surface area contributed by atoms with Crippen molar-refractivity contribution in [2.75, 3.05) is 0 Å². The van der Waals surface area contributed by atoms with Crippen LogP contribution >= 0.6 is 0 Å². The van der Waals surface area contributed by atoms with E-state index in [0.29, 0.717) is 5.56 Å². The molecule has 1 amide bonds. The van der Waals surface area contributed by atoms with Gasteiger partial charge in [-0.05, 0) is 18.6 Å². The highest BCUT2D eigenvalue weighted by Gasteiger charge is 2.14. The average molecular weight is 216 g/mol. The number of halogens is 3. The first kappa shape index (κ1) is 11.6. The molecule has 1 aromatic carbocycles. The Balaban J connectivity index is 2.65. The summed E-state index contributed by atoms with van der Waals surface area (Å²) >= 11 is 0. The van der Waals surface area contributed by atoms with Crippen molar-refractivity contribution >= 4 is 5.91 Å². The van der Waals surface area contributed by atoms with Crippen molar-refractivity contribution in [1.82, 2.24) is 5.32 Å². The van der Waals surface area contributed by atoms with Crippen molar-refractivity contribution in [2.45, 2.75) is 13.0 Å². The van der Waals surface area contributed by atoms with Gasteiger partial charge in [-0.25, -0.2) is 4.39 Å². The Bertz CT molecular complexity index is 366. The van der Waals surface area contributed by atoms with Crippen LogP contribution in [0.5, 0.6) is 0 Å². The van der Waals surface area contributed by atoms with Gasteiger partial charge in [0.1, 0.15) is 5.82 Å². The van der Waals surface area contributed by atoms with Gasteiger partial charge in [0.05, 0.1) is 0 Å². The van der Waals surface area contributed by atoms with Crippen LogP contribution in [0.15, 0.2) is 18.2 Å². The molecule has 0 spiro atoms. The molecule has 1 radical (unpaired) electrons. The monoisotopic (exact) mass is 216 g/mol. The molecule has 2 nitrogen and oxygen atoms in total. The van der Waals surface area contributed by atoms with E-state index in [1.54, 1.807) is 0 Å².